The Morgan fingerprint density at radius 1 is 1.54 bits per heavy atom. The van der Waals surface area contributed by atoms with Crippen molar-refractivity contribution in [1.82, 2.24) is 4.90 Å². The summed E-state index contributed by atoms with van der Waals surface area (Å²) >= 11 is 0. The normalized spacial score (nSPS) is 32.1. The molecule has 1 aliphatic rings. The second kappa shape index (κ2) is 4.94. The number of aliphatic hydroxyl groups excluding tert-OH is 1. The minimum Gasteiger partial charge on any atom is -0.395 e. The molecule has 3 unspecified atom stereocenters. The van der Waals surface area contributed by atoms with Crippen LogP contribution in [-0.2, 0) is 0 Å². The summed E-state index contributed by atoms with van der Waals surface area (Å²) in [6.07, 6.45) is 4.71. The first-order valence-electron chi connectivity index (χ1n) is 5.23. The number of rotatable bonds is 3. The van der Waals surface area contributed by atoms with Gasteiger partial charge in [0.2, 0.25) is 0 Å². The van der Waals surface area contributed by atoms with Crippen molar-refractivity contribution >= 4 is 0 Å². The summed E-state index contributed by atoms with van der Waals surface area (Å²) in [6.45, 7) is 2.29. The monoisotopic (exact) mass is 186 g/mol. The first kappa shape index (κ1) is 11.0. The highest BCUT2D eigenvalue weighted by Crippen LogP contribution is 2.22. The smallest absolute Gasteiger partial charge is 0.0584 e. The zero-order valence-electron chi connectivity index (χ0n) is 8.74. The molecule has 1 saturated carbocycles. The minimum atomic E-state index is 0.238. The number of hydrogen-bond donors (Lipinski definition) is 2. The van der Waals surface area contributed by atoms with Gasteiger partial charge >= 0.3 is 0 Å². The van der Waals surface area contributed by atoms with Gasteiger partial charge in [-0.1, -0.05) is 6.42 Å². The van der Waals surface area contributed by atoms with E-state index in [1.165, 1.54) is 12.8 Å². The van der Waals surface area contributed by atoms with Crippen LogP contribution in [0.2, 0.25) is 0 Å². The predicted octanol–water partition coefficient (Wildman–Crippen LogP) is 0.569. The van der Waals surface area contributed by atoms with Crippen LogP contribution < -0.4 is 5.73 Å². The van der Waals surface area contributed by atoms with E-state index in [-0.39, 0.29) is 12.6 Å². The van der Waals surface area contributed by atoms with E-state index in [9.17, 15) is 0 Å². The van der Waals surface area contributed by atoms with Gasteiger partial charge in [-0.2, -0.15) is 0 Å². The highest BCUT2D eigenvalue weighted by molar-refractivity contribution is 4.82. The van der Waals surface area contributed by atoms with E-state index in [1.807, 2.05) is 0 Å². The number of nitrogens with two attached hydrogens (primary N) is 1. The van der Waals surface area contributed by atoms with E-state index in [1.54, 1.807) is 0 Å². The molecule has 1 rings (SSSR count). The molecule has 3 N–H and O–H groups in total. The first-order valence-corrected chi connectivity index (χ1v) is 5.23. The molecule has 0 spiro atoms. The van der Waals surface area contributed by atoms with Crippen LogP contribution >= 0.6 is 0 Å². The highest BCUT2D eigenvalue weighted by Gasteiger charge is 2.24. The van der Waals surface area contributed by atoms with Gasteiger partial charge < -0.3 is 10.8 Å². The molecule has 0 heterocycles. The molecular formula is C10H22N2O. The maximum absolute atomic E-state index is 9.03. The topological polar surface area (TPSA) is 49.5 Å². The summed E-state index contributed by atoms with van der Waals surface area (Å²) in [6, 6.07) is 1.20. The third kappa shape index (κ3) is 2.93. The Labute approximate surface area is 80.9 Å². The van der Waals surface area contributed by atoms with Crippen molar-refractivity contribution < 1.29 is 5.11 Å². The molecule has 0 aromatic heterocycles. The predicted molar refractivity (Wildman–Crippen MR) is 54.5 cm³/mol. The van der Waals surface area contributed by atoms with Crippen LogP contribution in [0.1, 0.15) is 32.6 Å². The Bertz CT molecular complexity index is 152. The zero-order valence-corrected chi connectivity index (χ0v) is 8.74. The maximum atomic E-state index is 9.03. The van der Waals surface area contributed by atoms with Gasteiger partial charge in [0.25, 0.3) is 0 Å². The van der Waals surface area contributed by atoms with Gasteiger partial charge in [0.05, 0.1) is 6.61 Å². The molecule has 0 amide bonds. The number of aliphatic hydroxyl groups is 1. The summed E-state index contributed by atoms with van der Waals surface area (Å²) in [5, 5.41) is 9.03. The van der Waals surface area contributed by atoms with E-state index in [2.05, 4.69) is 18.9 Å². The van der Waals surface area contributed by atoms with E-state index in [4.69, 9.17) is 10.8 Å². The van der Waals surface area contributed by atoms with Crippen molar-refractivity contribution in [2.24, 2.45) is 5.73 Å². The van der Waals surface area contributed by atoms with Crippen LogP contribution in [-0.4, -0.2) is 41.8 Å². The Morgan fingerprint density at radius 2 is 2.23 bits per heavy atom. The Kier molecular flexibility index (Phi) is 4.16. The summed E-state index contributed by atoms with van der Waals surface area (Å²) in [5.41, 5.74) is 5.92. The standard InChI is InChI=1S/C10H22N2O/c1-8(7-13)12(2)10-5-3-4-9(11)6-10/h8-10,13H,3-7,11H2,1-2H3. The van der Waals surface area contributed by atoms with Crippen molar-refractivity contribution in [1.29, 1.82) is 0 Å². The highest BCUT2D eigenvalue weighted by atomic mass is 16.3. The molecule has 0 bridgehead atoms. The lowest BCUT2D eigenvalue weighted by molar-refractivity contribution is 0.0949. The number of hydrogen-bond acceptors (Lipinski definition) is 3. The molecule has 1 fully saturated rings. The molecule has 3 atom stereocenters. The molecular weight excluding hydrogens is 164 g/mol. The first-order chi connectivity index (χ1) is 6.15. The van der Waals surface area contributed by atoms with Gasteiger partial charge in [0.15, 0.2) is 0 Å². The van der Waals surface area contributed by atoms with Crippen molar-refractivity contribution in [3.05, 3.63) is 0 Å². The minimum absolute atomic E-state index is 0.238. The van der Waals surface area contributed by atoms with Crippen LogP contribution in [0.3, 0.4) is 0 Å². The second-order valence-corrected chi connectivity index (χ2v) is 4.28. The van der Waals surface area contributed by atoms with Crippen LogP contribution in [0.4, 0.5) is 0 Å². The number of likely N-dealkylation sites (N-methyl/N-ethyl adjacent to an activating group) is 1. The molecule has 78 valence electrons. The van der Waals surface area contributed by atoms with Crippen LogP contribution in [0.5, 0.6) is 0 Å². The Balaban J connectivity index is 2.41. The van der Waals surface area contributed by atoms with E-state index in [0.29, 0.717) is 12.1 Å². The van der Waals surface area contributed by atoms with Crippen molar-refractivity contribution in [2.45, 2.75) is 50.7 Å². The average Bonchev–Trinajstić information content (AvgIpc) is 2.15. The summed E-state index contributed by atoms with van der Waals surface area (Å²) in [5.74, 6) is 0. The van der Waals surface area contributed by atoms with Crippen LogP contribution in [0.25, 0.3) is 0 Å². The van der Waals surface area contributed by atoms with E-state index < -0.39 is 0 Å². The van der Waals surface area contributed by atoms with Crippen LogP contribution in [0.15, 0.2) is 0 Å². The van der Waals surface area contributed by atoms with Crippen LogP contribution in [0, 0.1) is 0 Å². The van der Waals surface area contributed by atoms with Crippen molar-refractivity contribution in [3.63, 3.8) is 0 Å². The molecule has 0 aromatic carbocycles. The fourth-order valence-electron chi connectivity index (χ4n) is 2.06. The fourth-order valence-corrected chi connectivity index (χ4v) is 2.06. The molecule has 0 radical (unpaired) electrons. The SMILES string of the molecule is CC(CO)N(C)C1CCCC(N)C1. The van der Waals surface area contributed by atoms with Gasteiger partial charge in [0.1, 0.15) is 0 Å². The molecule has 1 aliphatic carbocycles. The maximum Gasteiger partial charge on any atom is 0.0584 e. The lowest BCUT2D eigenvalue weighted by Crippen LogP contribution is -2.45. The molecule has 3 heteroatoms. The Morgan fingerprint density at radius 3 is 2.77 bits per heavy atom. The summed E-state index contributed by atoms with van der Waals surface area (Å²) < 4.78 is 0. The van der Waals surface area contributed by atoms with Gasteiger partial charge in [-0.15, -0.1) is 0 Å². The fraction of sp³-hybridized carbons (Fsp3) is 1.00. The summed E-state index contributed by atoms with van der Waals surface area (Å²) in [7, 11) is 2.09. The van der Waals surface area contributed by atoms with Gasteiger partial charge in [-0.3, -0.25) is 4.90 Å². The van der Waals surface area contributed by atoms with Gasteiger partial charge in [-0.05, 0) is 33.2 Å². The molecule has 13 heavy (non-hydrogen) atoms. The zero-order chi connectivity index (χ0) is 9.84. The Hall–Kier alpha value is -0.120. The summed E-state index contributed by atoms with van der Waals surface area (Å²) in [4.78, 5) is 2.26. The number of nitrogens with zero attached hydrogens (tertiary/aromatic N) is 1. The second-order valence-electron chi connectivity index (χ2n) is 4.28. The van der Waals surface area contributed by atoms with Crippen molar-refractivity contribution in [2.75, 3.05) is 13.7 Å². The molecule has 0 aliphatic heterocycles. The molecule has 3 nitrogen and oxygen atoms in total. The molecule has 0 aromatic rings. The lowest BCUT2D eigenvalue weighted by Gasteiger charge is -2.36. The largest absolute Gasteiger partial charge is 0.395 e. The van der Waals surface area contributed by atoms with Crippen molar-refractivity contribution in [3.8, 4) is 0 Å². The van der Waals surface area contributed by atoms with E-state index >= 15 is 0 Å². The van der Waals surface area contributed by atoms with Gasteiger partial charge in [0, 0.05) is 18.1 Å². The lowest BCUT2D eigenvalue weighted by atomic mass is 9.90. The quantitative estimate of drug-likeness (QED) is 0.677. The third-order valence-corrected chi connectivity index (χ3v) is 3.22. The molecule has 0 saturated heterocycles. The van der Waals surface area contributed by atoms with Gasteiger partial charge in [-0.25, -0.2) is 0 Å². The third-order valence-electron chi connectivity index (χ3n) is 3.22. The van der Waals surface area contributed by atoms with E-state index in [0.717, 1.165) is 12.8 Å². The average molecular weight is 186 g/mol.